The Morgan fingerprint density at radius 3 is 2.68 bits per heavy atom. The molecule has 19 heavy (non-hydrogen) atoms. The van der Waals surface area contributed by atoms with E-state index in [0.717, 1.165) is 23.9 Å². The van der Waals surface area contributed by atoms with Crippen molar-refractivity contribution >= 4 is 10.9 Å². The molecule has 0 spiro atoms. The zero-order valence-electron chi connectivity index (χ0n) is 12.1. The van der Waals surface area contributed by atoms with Gasteiger partial charge in [0.15, 0.2) is 0 Å². The zero-order chi connectivity index (χ0) is 13.7. The molecule has 1 aromatic carbocycles. The highest BCUT2D eigenvalue weighted by molar-refractivity contribution is 5.88. The van der Waals surface area contributed by atoms with Crippen LogP contribution >= 0.6 is 0 Å². The topological polar surface area (TPSA) is 8.17 Å². The maximum atomic E-state index is 13.9. The third-order valence-corrected chi connectivity index (χ3v) is 4.26. The van der Waals surface area contributed by atoms with Gasteiger partial charge in [-0.05, 0) is 49.7 Å². The lowest BCUT2D eigenvalue weighted by Crippen LogP contribution is -2.36. The molecule has 2 aromatic rings. The van der Waals surface area contributed by atoms with Crippen LogP contribution in [0.3, 0.4) is 0 Å². The average Bonchev–Trinajstić information content (AvgIpc) is 2.68. The summed E-state index contributed by atoms with van der Waals surface area (Å²) < 4.78 is 16.2. The van der Waals surface area contributed by atoms with Crippen LogP contribution in [-0.4, -0.2) is 29.6 Å². The van der Waals surface area contributed by atoms with E-state index in [-0.39, 0.29) is 5.82 Å². The van der Waals surface area contributed by atoms with Crippen molar-refractivity contribution in [3.63, 3.8) is 0 Å². The van der Waals surface area contributed by atoms with E-state index >= 15 is 0 Å². The average molecular weight is 260 g/mol. The number of likely N-dealkylation sites (N-methyl/N-ethyl adjacent to an activating group) is 1. The van der Waals surface area contributed by atoms with Gasteiger partial charge in [-0.25, -0.2) is 4.39 Å². The van der Waals surface area contributed by atoms with E-state index in [2.05, 4.69) is 43.6 Å². The molecule has 2 nitrogen and oxygen atoms in total. The monoisotopic (exact) mass is 260 g/mol. The number of halogens is 1. The van der Waals surface area contributed by atoms with Crippen molar-refractivity contribution in [1.29, 1.82) is 0 Å². The molecule has 102 valence electrons. The number of hydrogen-bond donors (Lipinski definition) is 0. The van der Waals surface area contributed by atoms with E-state index in [1.54, 1.807) is 12.1 Å². The summed E-state index contributed by atoms with van der Waals surface area (Å²) in [5, 5.41) is 1.10. The summed E-state index contributed by atoms with van der Waals surface area (Å²) in [4.78, 5) is 2.23. The van der Waals surface area contributed by atoms with Crippen LogP contribution in [0.1, 0.15) is 30.9 Å². The van der Waals surface area contributed by atoms with Gasteiger partial charge in [0.05, 0.1) is 5.52 Å². The van der Waals surface area contributed by atoms with Gasteiger partial charge in [-0.2, -0.15) is 0 Å². The van der Waals surface area contributed by atoms with Crippen LogP contribution in [-0.2, 0) is 13.0 Å². The third-order valence-electron chi connectivity index (χ3n) is 4.26. The first kappa shape index (κ1) is 12.7. The van der Waals surface area contributed by atoms with Crippen LogP contribution in [0.4, 0.5) is 4.39 Å². The van der Waals surface area contributed by atoms with Crippen LogP contribution < -0.4 is 0 Å². The first-order valence-corrected chi connectivity index (χ1v) is 6.95. The Hall–Kier alpha value is -1.35. The summed E-state index contributed by atoms with van der Waals surface area (Å²) in [7, 11) is 4.19. The summed E-state index contributed by atoms with van der Waals surface area (Å²) >= 11 is 0. The number of benzene rings is 1. The molecule has 3 rings (SSSR count). The van der Waals surface area contributed by atoms with Crippen molar-refractivity contribution in [1.82, 2.24) is 9.47 Å². The molecule has 2 heterocycles. The SMILES string of the molecule is CC(C)c1cn2c3c(cc(F)cc13)CC(N(C)C)C2. The highest BCUT2D eigenvalue weighted by Crippen LogP contribution is 2.34. The molecule has 1 atom stereocenters. The van der Waals surface area contributed by atoms with Crippen molar-refractivity contribution in [2.45, 2.75) is 38.8 Å². The van der Waals surface area contributed by atoms with E-state index in [9.17, 15) is 4.39 Å². The molecule has 0 saturated heterocycles. The number of aromatic nitrogens is 1. The second-order valence-corrected chi connectivity index (χ2v) is 6.17. The maximum absolute atomic E-state index is 13.9. The first-order valence-electron chi connectivity index (χ1n) is 6.95. The van der Waals surface area contributed by atoms with Crippen LogP contribution in [0.25, 0.3) is 10.9 Å². The van der Waals surface area contributed by atoms with Crippen LogP contribution in [0.5, 0.6) is 0 Å². The Balaban J connectivity index is 2.23. The van der Waals surface area contributed by atoms with Crippen LogP contribution in [0.2, 0.25) is 0 Å². The normalized spacial score (nSPS) is 18.8. The quantitative estimate of drug-likeness (QED) is 0.803. The summed E-state index contributed by atoms with van der Waals surface area (Å²) in [6, 6.07) is 3.85. The molecule has 0 saturated carbocycles. The zero-order valence-corrected chi connectivity index (χ0v) is 12.1. The Kier molecular flexibility index (Phi) is 2.90. The Morgan fingerprint density at radius 2 is 2.05 bits per heavy atom. The summed E-state index contributed by atoms with van der Waals surface area (Å²) in [6.45, 7) is 5.34. The van der Waals surface area contributed by atoms with E-state index < -0.39 is 0 Å². The molecule has 0 radical (unpaired) electrons. The molecule has 1 aliphatic rings. The second-order valence-electron chi connectivity index (χ2n) is 6.17. The van der Waals surface area contributed by atoms with E-state index in [1.165, 1.54) is 11.1 Å². The Bertz CT molecular complexity index is 625. The van der Waals surface area contributed by atoms with Crippen molar-refractivity contribution in [2.75, 3.05) is 14.1 Å². The lowest BCUT2D eigenvalue weighted by Gasteiger charge is -2.29. The van der Waals surface area contributed by atoms with Gasteiger partial charge in [0.1, 0.15) is 5.82 Å². The lowest BCUT2D eigenvalue weighted by molar-refractivity contribution is 0.258. The molecule has 0 aliphatic carbocycles. The van der Waals surface area contributed by atoms with Crippen molar-refractivity contribution in [3.05, 3.63) is 35.3 Å². The summed E-state index contributed by atoms with van der Waals surface area (Å²) in [5.74, 6) is 0.316. The predicted octanol–water partition coefficient (Wildman–Crippen LogP) is 3.39. The van der Waals surface area contributed by atoms with E-state index in [4.69, 9.17) is 0 Å². The van der Waals surface area contributed by atoms with E-state index in [0.29, 0.717) is 12.0 Å². The number of nitrogens with zero attached hydrogens (tertiary/aromatic N) is 2. The molecule has 1 aliphatic heterocycles. The molecule has 0 fully saturated rings. The fourth-order valence-electron chi connectivity index (χ4n) is 3.17. The largest absolute Gasteiger partial charge is 0.345 e. The smallest absolute Gasteiger partial charge is 0.124 e. The van der Waals surface area contributed by atoms with Crippen LogP contribution in [0, 0.1) is 5.82 Å². The predicted molar refractivity (Wildman–Crippen MR) is 77.2 cm³/mol. The van der Waals surface area contributed by atoms with E-state index in [1.807, 2.05) is 0 Å². The molecular weight excluding hydrogens is 239 g/mol. The van der Waals surface area contributed by atoms with Crippen molar-refractivity contribution < 1.29 is 4.39 Å². The van der Waals surface area contributed by atoms with Gasteiger partial charge in [-0.3, -0.25) is 0 Å². The number of hydrogen-bond acceptors (Lipinski definition) is 1. The van der Waals surface area contributed by atoms with Crippen molar-refractivity contribution in [3.8, 4) is 0 Å². The molecule has 1 unspecified atom stereocenters. The van der Waals surface area contributed by atoms with Gasteiger partial charge in [0.2, 0.25) is 0 Å². The number of rotatable bonds is 2. The minimum Gasteiger partial charge on any atom is -0.345 e. The lowest BCUT2D eigenvalue weighted by atomic mass is 9.96. The minimum absolute atomic E-state index is 0.110. The molecule has 3 heteroatoms. The molecular formula is C16H21FN2. The fraction of sp³-hybridized carbons (Fsp3) is 0.500. The minimum atomic E-state index is -0.110. The molecule has 0 amide bonds. The van der Waals surface area contributed by atoms with Gasteiger partial charge in [0.25, 0.3) is 0 Å². The fourth-order valence-corrected chi connectivity index (χ4v) is 3.17. The Morgan fingerprint density at radius 1 is 1.32 bits per heavy atom. The van der Waals surface area contributed by atoms with Gasteiger partial charge in [0, 0.05) is 24.2 Å². The van der Waals surface area contributed by atoms with Gasteiger partial charge in [-0.15, -0.1) is 0 Å². The summed E-state index contributed by atoms with van der Waals surface area (Å²) in [5.41, 5.74) is 3.64. The maximum Gasteiger partial charge on any atom is 0.124 e. The van der Waals surface area contributed by atoms with Gasteiger partial charge >= 0.3 is 0 Å². The second kappa shape index (κ2) is 4.34. The highest BCUT2D eigenvalue weighted by atomic mass is 19.1. The van der Waals surface area contributed by atoms with Gasteiger partial charge < -0.3 is 9.47 Å². The first-order chi connectivity index (χ1) is 8.97. The molecule has 0 N–H and O–H groups in total. The Labute approximate surface area is 113 Å². The summed E-state index contributed by atoms with van der Waals surface area (Å²) in [6.07, 6.45) is 3.15. The van der Waals surface area contributed by atoms with Crippen molar-refractivity contribution in [2.24, 2.45) is 0 Å². The molecule has 0 bridgehead atoms. The standard InChI is InChI=1S/C16H21FN2/c1-10(2)15-9-19-8-13(18(3)4)6-11-5-12(17)7-14(15)16(11)19/h5,7,9-10,13H,6,8H2,1-4H3. The third kappa shape index (κ3) is 1.96. The molecule has 1 aromatic heterocycles. The van der Waals surface area contributed by atoms with Gasteiger partial charge in [-0.1, -0.05) is 13.8 Å². The van der Waals surface area contributed by atoms with Crippen LogP contribution in [0.15, 0.2) is 18.3 Å². The highest BCUT2D eigenvalue weighted by Gasteiger charge is 2.25.